The number of aromatic nitrogens is 4. The van der Waals surface area contributed by atoms with Crippen molar-refractivity contribution in [3.63, 3.8) is 0 Å². The average Bonchev–Trinajstić information content (AvgIpc) is 3.17. The second-order valence-corrected chi connectivity index (χ2v) is 8.38. The topological polar surface area (TPSA) is 75.9 Å². The van der Waals surface area contributed by atoms with Crippen molar-refractivity contribution in [3.05, 3.63) is 65.0 Å². The number of tetrazole rings is 1. The molecule has 0 bridgehead atoms. The van der Waals surface area contributed by atoms with E-state index in [1.165, 1.54) is 6.08 Å². The molecule has 8 heteroatoms. The Hall–Kier alpha value is -2.51. The Morgan fingerprint density at radius 2 is 2.13 bits per heavy atom. The number of nitrogens with zero attached hydrogens (tertiary/aromatic N) is 5. The zero-order valence-electron chi connectivity index (χ0n) is 17.6. The van der Waals surface area contributed by atoms with Gasteiger partial charge in [0.05, 0.1) is 12.6 Å². The van der Waals surface area contributed by atoms with Gasteiger partial charge in [0, 0.05) is 18.1 Å². The maximum absolute atomic E-state index is 11.8. The number of piperidine rings is 1. The van der Waals surface area contributed by atoms with Crippen molar-refractivity contribution in [2.45, 2.75) is 39.3 Å². The van der Waals surface area contributed by atoms with E-state index < -0.39 is 0 Å². The van der Waals surface area contributed by atoms with Crippen molar-refractivity contribution in [1.82, 2.24) is 30.4 Å². The highest BCUT2D eigenvalue weighted by Gasteiger charge is 2.25. The van der Waals surface area contributed by atoms with Gasteiger partial charge in [-0.2, -0.15) is 0 Å². The monoisotopic (exact) mass is 428 g/mol. The Kier molecular flexibility index (Phi) is 7.39. The molecule has 1 aromatic carbocycles. The Balaban J connectivity index is 1.76. The molecule has 1 fully saturated rings. The molecule has 160 valence electrons. The summed E-state index contributed by atoms with van der Waals surface area (Å²) in [7, 11) is 0. The van der Waals surface area contributed by atoms with E-state index in [1.807, 2.05) is 30.9 Å². The van der Waals surface area contributed by atoms with Gasteiger partial charge in [0.2, 0.25) is 5.91 Å². The van der Waals surface area contributed by atoms with Crippen LogP contribution in [-0.2, 0) is 11.3 Å². The summed E-state index contributed by atoms with van der Waals surface area (Å²) in [4.78, 5) is 13.7. The van der Waals surface area contributed by atoms with Crippen LogP contribution in [0.3, 0.4) is 0 Å². The third-order valence-electron chi connectivity index (χ3n) is 5.48. The Morgan fingerprint density at radius 3 is 2.77 bits per heavy atom. The second kappa shape index (κ2) is 10.00. The van der Waals surface area contributed by atoms with E-state index in [9.17, 15) is 4.79 Å². The SMILES string of the molecule is C=CC(=O)N1CCC(CNC(c2ccc(C)c(Cl)c2)c2nnnn2CC(=C)C)CC1. The normalized spacial score (nSPS) is 15.8. The number of hydrogen-bond acceptors (Lipinski definition) is 5. The molecule has 0 spiro atoms. The molecule has 1 amide bonds. The van der Waals surface area contributed by atoms with Gasteiger partial charge in [-0.05, 0) is 72.8 Å². The molecule has 1 aliphatic rings. The molecular weight excluding hydrogens is 400 g/mol. The highest BCUT2D eigenvalue weighted by molar-refractivity contribution is 6.31. The van der Waals surface area contributed by atoms with E-state index in [4.69, 9.17) is 11.6 Å². The largest absolute Gasteiger partial charge is 0.339 e. The third kappa shape index (κ3) is 5.34. The summed E-state index contributed by atoms with van der Waals surface area (Å²) in [6.07, 6.45) is 3.28. The Morgan fingerprint density at radius 1 is 1.40 bits per heavy atom. The smallest absolute Gasteiger partial charge is 0.245 e. The molecule has 3 rings (SSSR count). The minimum atomic E-state index is -0.190. The number of carbonyl (C=O) groups excluding carboxylic acids is 1. The van der Waals surface area contributed by atoms with Crippen LogP contribution in [0.4, 0.5) is 0 Å². The first-order chi connectivity index (χ1) is 14.4. The first kappa shape index (κ1) is 22.2. The zero-order valence-corrected chi connectivity index (χ0v) is 18.4. The molecule has 1 aromatic heterocycles. The number of nitrogens with one attached hydrogen (secondary N) is 1. The van der Waals surface area contributed by atoms with E-state index in [-0.39, 0.29) is 11.9 Å². The van der Waals surface area contributed by atoms with E-state index in [1.54, 1.807) is 4.68 Å². The Bertz CT molecular complexity index is 916. The summed E-state index contributed by atoms with van der Waals surface area (Å²) >= 11 is 6.41. The minimum absolute atomic E-state index is 0.00699. The summed E-state index contributed by atoms with van der Waals surface area (Å²) in [6, 6.07) is 5.85. The fraction of sp³-hybridized carbons (Fsp3) is 0.455. The van der Waals surface area contributed by atoms with Gasteiger partial charge in [-0.1, -0.05) is 42.5 Å². The second-order valence-electron chi connectivity index (χ2n) is 7.97. The van der Waals surface area contributed by atoms with Crippen LogP contribution in [0, 0.1) is 12.8 Å². The van der Waals surface area contributed by atoms with Crippen molar-refractivity contribution in [3.8, 4) is 0 Å². The molecule has 2 aromatic rings. The predicted molar refractivity (Wildman–Crippen MR) is 118 cm³/mol. The molecule has 0 saturated carbocycles. The predicted octanol–water partition coefficient (Wildman–Crippen LogP) is 3.31. The van der Waals surface area contributed by atoms with Crippen molar-refractivity contribution in [2.24, 2.45) is 5.92 Å². The summed E-state index contributed by atoms with van der Waals surface area (Å²) < 4.78 is 1.78. The van der Waals surface area contributed by atoms with Crippen LogP contribution in [0.2, 0.25) is 5.02 Å². The highest BCUT2D eigenvalue weighted by atomic mass is 35.5. The molecule has 1 saturated heterocycles. The molecule has 30 heavy (non-hydrogen) atoms. The van der Waals surface area contributed by atoms with E-state index >= 15 is 0 Å². The van der Waals surface area contributed by atoms with Crippen LogP contribution >= 0.6 is 11.6 Å². The number of allylic oxidation sites excluding steroid dienone is 1. The first-order valence-electron chi connectivity index (χ1n) is 10.2. The van der Waals surface area contributed by atoms with Gasteiger partial charge < -0.3 is 10.2 Å². The molecule has 0 aliphatic carbocycles. The lowest BCUT2D eigenvalue weighted by Crippen LogP contribution is -2.40. The van der Waals surface area contributed by atoms with Gasteiger partial charge in [-0.15, -0.1) is 5.10 Å². The van der Waals surface area contributed by atoms with Crippen LogP contribution in [0.5, 0.6) is 0 Å². The molecule has 0 radical (unpaired) electrons. The van der Waals surface area contributed by atoms with Crippen LogP contribution in [-0.4, -0.2) is 50.6 Å². The maximum atomic E-state index is 11.8. The third-order valence-corrected chi connectivity index (χ3v) is 5.89. The number of rotatable bonds is 8. The summed E-state index contributed by atoms with van der Waals surface area (Å²) in [5.41, 5.74) is 3.02. The fourth-order valence-electron chi connectivity index (χ4n) is 3.70. The summed E-state index contributed by atoms with van der Waals surface area (Å²) in [6.45, 7) is 14.4. The van der Waals surface area contributed by atoms with Crippen LogP contribution in [0.1, 0.15) is 42.8 Å². The molecule has 7 nitrogen and oxygen atoms in total. The zero-order chi connectivity index (χ0) is 21.7. The van der Waals surface area contributed by atoms with E-state index in [0.29, 0.717) is 12.5 Å². The lowest BCUT2D eigenvalue weighted by molar-refractivity contribution is -0.127. The minimum Gasteiger partial charge on any atom is -0.339 e. The quantitative estimate of drug-likeness (QED) is 0.515. The highest BCUT2D eigenvalue weighted by Crippen LogP contribution is 2.26. The molecule has 1 unspecified atom stereocenters. The number of carbonyl (C=O) groups is 1. The Labute approximate surface area is 182 Å². The number of hydrogen-bond donors (Lipinski definition) is 1. The van der Waals surface area contributed by atoms with Crippen molar-refractivity contribution in [2.75, 3.05) is 19.6 Å². The van der Waals surface area contributed by atoms with E-state index in [2.05, 4.69) is 40.1 Å². The molecule has 2 heterocycles. The molecule has 1 aliphatic heterocycles. The lowest BCUT2D eigenvalue weighted by atomic mass is 9.95. The van der Waals surface area contributed by atoms with Gasteiger partial charge in [0.15, 0.2) is 5.82 Å². The maximum Gasteiger partial charge on any atom is 0.245 e. The van der Waals surface area contributed by atoms with E-state index in [0.717, 1.165) is 60.0 Å². The van der Waals surface area contributed by atoms with Gasteiger partial charge in [0.25, 0.3) is 0 Å². The first-order valence-corrected chi connectivity index (χ1v) is 10.6. The van der Waals surface area contributed by atoms with Crippen LogP contribution < -0.4 is 5.32 Å². The average molecular weight is 429 g/mol. The van der Waals surface area contributed by atoms with Gasteiger partial charge >= 0.3 is 0 Å². The number of halogens is 1. The summed E-state index contributed by atoms with van der Waals surface area (Å²) in [5.74, 6) is 1.21. The van der Waals surface area contributed by atoms with Crippen molar-refractivity contribution < 1.29 is 4.79 Å². The van der Waals surface area contributed by atoms with Crippen molar-refractivity contribution >= 4 is 17.5 Å². The van der Waals surface area contributed by atoms with Gasteiger partial charge in [0.1, 0.15) is 0 Å². The number of benzene rings is 1. The van der Waals surface area contributed by atoms with Crippen LogP contribution in [0.25, 0.3) is 0 Å². The van der Waals surface area contributed by atoms with Crippen molar-refractivity contribution in [1.29, 1.82) is 0 Å². The lowest BCUT2D eigenvalue weighted by Gasteiger charge is -2.32. The molecule has 1 N–H and O–H groups in total. The summed E-state index contributed by atoms with van der Waals surface area (Å²) in [5, 5.41) is 16.7. The molecular formula is C22H29ClN6O. The fourth-order valence-corrected chi connectivity index (χ4v) is 3.89. The number of aryl methyl sites for hydroxylation is 1. The standard InChI is InChI=1S/C22H29ClN6O/c1-5-20(30)28-10-8-17(9-11-28)13-24-21(18-7-6-16(4)19(23)12-18)22-25-26-27-29(22)14-15(2)3/h5-7,12,17,21,24H,1-2,8-11,13-14H2,3-4H3. The number of amides is 1. The van der Waals surface area contributed by atoms with Crippen LogP contribution in [0.15, 0.2) is 43.0 Å². The van der Waals surface area contributed by atoms with Gasteiger partial charge in [-0.25, -0.2) is 4.68 Å². The number of likely N-dealkylation sites (tertiary alicyclic amines) is 1. The van der Waals surface area contributed by atoms with Gasteiger partial charge in [-0.3, -0.25) is 4.79 Å². The molecule has 1 atom stereocenters.